The van der Waals surface area contributed by atoms with Gasteiger partial charge in [0.2, 0.25) is 0 Å². The number of carboxylic acid groups (broad SMARTS) is 1. The number of rotatable bonds is 16. The first kappa shape index (κ1) is 33.9. The van der Waals surface area contributed by atoms with Crippen LogP contribution < -0.4 is 14.8 Å². The number of hydrogen-bond donors (Lipinski definition) is 3. The molecule has 0 saturated heterocycles. The predicted molar refractivity (Wildman–Crippen MR) is 172 cm³/mol. The first-order chi connectivity index (χ1) is 20.3. The molecule has 0 aliphatic carbocycles. The van der Waals surface area contributed by atoms with Crippen LogP contribution in [-0.2, 0) is 26.4 Å². The number of aliphatic carboxylic acids is 1. The van der Waals surface area contributed by atoms with Gasteiger partial charge in [0, 0.05) is 33.7 Å². The van der Waals surface area contributed by atoms with E-state index in [4.69, 9.17) is 14.6 Å². The Hall–Kier alpha value is -3.59. The predicted octanol–water partition coefficient (Wildman–Crippen LogP) is 6.33. The molecule has 9 heteroatoms. The van der Waals surface area contributed by atoms with Gasteiger partial charge in [-0.1, -0.05) is 77.9 Å². The van der Waals surface area contributed by atoms with Crippen molar-refractivity contribution < 1.29 is 33.5 Å². The fraction of sp³-hybridized carbons (Fsp3) is 0.471. The van der Waals surface area contributed by atoms with E-state index in [1.807, 2.05) is 0 Å². The summed E-state index contributed by atoms with van der Waals surface area (Å²) in [6.07, 6.45) is 2.57. The zero-order valence-corrected chi connectivity index (χ0v) is 26.9. The van der Waals surface area contributed by atoms with E-state index in [1.54, 1.807) is 24.3 Å². The molecule has 3 aromatic rings. The van der Waals surface area contributed by atoms with Crippen molar-refractivity contribution in [2.24, 2.45) is 0 Å². The van der Waals surface area contributed by atoms with Crippen LogP contribution in [0.3, 0.4) is 0 Å². The SMILES string of the molecule is CCC(C)(C)c1ccc(OCCCNC(=O)c2cc(OCCS(=O)CC(=O)O)c3ccccc3c2O)c(C(C)(C)CC)c1. The molecule has 234 valence electrons. The topological polar surface area (TPSA) is 122 Å². The first-order valence-electron chi connectivity index (χ1n) is 14.8. The summed E-state index contributed by atoms with van der Waals surface area (Å²) < 4.78 is 23.9. The fourth-order valence-corrected chi connectivity index (χ4v) is 5.31. The van der Waals surface area contributed by atoms with Gasteiger partial charge in [-0.15, -0.1) is 0 Å². The van der Waals surface area contributed by atoms with Gasteiger partial charge in [-0.3, -0.25) is 13.8 Å². The highest BCUT2D eigenvalue weighted by molar-refractivity contribution is 7.85. The van der Waals surface area contributed by atoms with Crippen LogP contribution >= 0.6 is 0 Å². The number of phenols is 1. The van der Waals surface area contributed by atoms with Crippen molar-refractivity contribution in [2.45, 2.75) is 71.6 Å². The molecule has 3 rings (SSSR count). The Bertz CT molecular complexity index is 1460. The molecule has 3 N–H and O–H groups in total. The van der Waals surface area contributed by atoms with Crippen molar-refractivity contribution in [3.63, 3.8) is 0 Å². The largest absolute Gasteiger partial charge is 0.506 e. The third-order valence-corrected chi connectivity index (χ3v) is 9.39. The summed E-state index contributed by atoms with van der Waals surface area (Å²) in [4.78, 5) is 23.9. The van der Waals surface area contributed by atoms with Crippen molar-refractivity contribution in [3.8, 4) is 17.2 Å². The second-order valence-corrected chi connectivity index (χ2v) is 13.6. The fourth-order valence-electron chi connectivity index (χ4n) is 4.63. The van der Waals surface area contributed by atoms with Gasteiger partial charge < -0.3 is 25.0 Å². The van der Waals surface area contributed by atoms with E-state index in [0.717, 1.165) is 18.6 Å². The number of carboxylic acids is 1. The van der Waals surface area contributed by atoms with Crippen LogP contribution in [0.25, 0.3) is 10.8 Å². The third kappa shape index (κ3) is 8.72. The van der Waals surface area contributed by atoms with Crippen molar-refractivity contribution >= 4 is 33.4 Å². The number of benzene rings is 3. The number of hydrogen-bond acceptors (Lipinski definition) is 6. The van der Waals surface area contributed by atoms with Crippen LogP contribution in [0.2, 0.25) is 0 Å². The molecule has 3 aromatic carbocycles. The lowest BCUT2D eigenvalue weighted by atomic mass is 9.76. The highest BCUT2D eigenvalue weighted by atomic mass is 32.2. The lowest BCUT2D eigenvalue weighted by molar-refractivity contribution is -0.133. The Morgan fingerprint density at radius 2 is 1.53 bits per heavy atom. The van der Waals surface area contributed by atoms with E-state index in [0.29, 0.717) is 36.1 Å². The molecule has 1 atom stereocenters. The minimum Gasteiger partial charge on any atom is -0.506 e. The average Bonchev–Trinajstić information content (AvgIpc) is 2.97. The quantitative estimate of drug-likeness (QED) is 0.162. The number of carbonyl (C=O) groups is 2. The highest BCUT2D eigenvalue weighted by Gasteiger charge is 2.26. The van der Waals surface area contributed by atoms with Gasteiger partial charge in [-0.05, 0) is 47.8 Å². The van der Waals surface area contributed by atoms with Gasteiger partial charge in [-0.25, -0.2) is 0 Å². The monoisotopic (exact) mass is 611 g/mol. The molecule has 8 nitrogen and oxygen atoms in total. The van der Waals surface area contributed by atoms with E-state index >= 15 is 0 Å². The minimum absolute atomic E-state index is 0.000798. The molecular weight excluding hydrogens is 566 g/mol. The van der Waals surface area contributed by atoms with Gasteiger partial charge in [-0.2, -0.15) is 0 Å². The normalized spacial score (nSPS) is 12.6. The summed E-state index contributed by atoms with van der Waals surface area (Å²) in [6.45, 7) is 14.1. The number of carbonyl (C=O) groups excluding carboxylic acids is 1. The van der Waals surface area contributed by atoms with Crippen LogP contribution in [0.15, 0.2) is 48.5 Å². The maximum atomic E-state index is 13.1. The third-order valence-electron chi connectivity index (χ3n) is 8.20. The van der Waals surface area contributed by atoms with Gasteiger partial charge in [0.1, 0.15) is 23.0 Å². The van der Waals surface area contributed by atoms with Crippen LogP contribution in [0.4, 0.5) is 0 Å². The van der Waals surface area contributed by atoms with Crippen LogP contribution in [0.5, 0.6) is 17.2 Å². The summed E-state index contributed by atoms with van der Waals surface area (Å²) in [5.74, 6) is -0.996. The van der Waals surface area contributed by atoms with Gasteiger partial charge in [0.25, 0.3) is 5.91 Å². The molecule has 0 fully saturated rings. The van der Waals surface area contributed by atoms with E-state index in [9.17, 15) is 18.9 Å². The average molecular weight is 612 g/mol. The molecule has 0 bridgehead atoms. The molecule has 0 radical (unpaired) electrons. The second-order valence-electron chi connectivity index (χ2n) is 12.0. The molecule has 1 unspecified atom stereocenters. The lowest BCUT2D eigenvalue weighted by Gasteiger charge is -2.30. The van der Waals surface area contributed by atoms with Gasteiger partial charge >= 0.3 is 5.97 Å². The van der Waals surface area contributed by atoms with Crippen LogP contribution in [0, 0.1) is 0 Å². The molecule has 0 aliphatic rings. The van der Waals surface area contributed by atoms with Crippen LogP contribution in [-0.4, -0.2) is 57.6 Å². The standard InChI is InChI=1S/C34H45NO7S/c1-7-33(3,4)23-14-15-28(27(20-23)34(5,6)8-2)41-17-11-16-35-32(39)26-21-29(42-18-19-43(40)22-30(36)37)24-12-9-10-13-25(24)31(26)38/h9-10,12-15,20-21,38H,7-8,11,16-19,22H2,1-6H3,(H,35,39)(H,36,37). The van der Waals surface area contributed by atoms with Gasteiger partial charge in [0.05, 0.1) is 24.5 Å². The zero-order chi connectivity index (χ0) is 31.8. The lowest BCUT2D eigenvalue weighted by Crippen LogP contribution is -2.26. The number of aromatic hydroxyl groups is 1. The van der Waals surface area contributed by atoms with E-state index < -0.39 is 28.4 Å². The molecule has 0 saturated carbocycles. The molecular formula is C34H45NO7S. The number of amides is 1. The number of ether oxygens (including phenoxy) is 2. The molecule has 0 aromatic heterocycles. The molecule has 43 heavy (non-hydrogen) atoms. The summed E-state index contributed by atoms with van der Waals surface area (Å²) in [6, 6.07) is 14.9. The van der Waals surface area contributed by atoms with Crippen molar-refractivity contribution in [1.82, 2.24) is 5.32 Å². The van der Waals surface area contributed by atoms with E-state index in [1.165, 1.54) is 17.2 Å². The number of nitrogens with one attached hydrogen (secondary N) is 1. The second kappa shape index (κ2) is 14.7. The Morgan fingerprint density at radius 1 is 0.884 bits per heavy atom. The maximum absolute atomic E-state index is 13.1. The Kier molecular flexibility index (Phi) is 11.6. The molecule has 1 amide bonds. The van der Waals surface area contributed by atoms with Crippen molar-refractivity contribution in [3.05, 3.63) is 65.2 Å². The van der Waals surface area contributed by atoms with Gasteiger partial charge in [0.15, 0.2) is 0 Å². The zero-order valence-electron chi connectivity index (χ0n) is 26.1. The summed E-state index contributed by atoms with van der Waals surface area (Å²) in [5, 5.41) is 23.6. The van der Waals surface area contributed by atoms with Crippen molar-refractivity contribution in [2.75, 3.05) is 31.3 Å². The highest BCUT2D eigenvalue weighted by Crippen LogP contribution is 2.39. The molecule has 0 heterocycles. The molecule has 0 aliphatic heterocycles. The Balaban J connectivity index is 1.67. The first-order valence-corrected chi connectivity index (χ1v) is 16.3. The molecule has 0 spiro atoms. The van der Waals surface area contributed by atoms with Crippen molar-refractivity contribution in [1.29, 1.82) is 0 Å². The van der Waals surface area contributed by atoms with E-state index in [-0.39, 0.29) is 34.5 Å². The van der Waals surface area contributed by atoms with E-state index in [2.05, 4.69) is 65.1 Å². The van der Waals surface area contributed by atoms with Crippen LogP contribution in [0.1, 0.15) is 82.3 Å². The Labute approximate surface area is 257 Å². The minimum atomic E-state index is -1.57. The summed E-state index contributed by atoms with van der Waals surface area (Å²) in [5.41, 5.74) is 2.54. The smallest absolute Gasteiger partial charge is 0.316 e. The number of fused-ring (bicyclic) bond motifs is 1. The maximum Gasteiger partial charge on any atom is 0.316 e. The Morgan fingerprint density at radius 3 is 2.19 bits per heavy atom. The summed E-state index contributed by atoms with van der Waals surface area (Å²) in [7, 11) is -1.57. The number of phenolic OH excluding ortho intramolecular Hbond substituents is 1. The summed E-state index contributed by atoms with van der Waals surface area (Å²) >= 11 is 0.